The van der Waals surface area contributed by atoms with Gasteiger partial charge in [-0.3, -0.25) is 9.78 Å². The number of para-hydroxylation sites is 1. The van der Waals surface area contributed by atoms with Gasteiger partial charge in [0.1, 0.15) is 5.76 Å². The minimum absolute atomic E-state index is 0.0929. The van der Waals surface area contributed by atoms with E-state index in [1.165, 1.54) is 16.8 Å². The number of furan rings is 1. The van der Waals surface area contributed by atoms with E-state index in [-0.39, 0.29) is 24.3 Å². The highest BCUT2D eigenvalue weighted by Crippen LogP contribution is 2.30. The van der Waals surface area contributed by atoms with Crippen LogP contribution in [0.3, 0.4) is 0 Å². The van der Waals surface area contributed by atoms with Crippen molar-refractivity contribution in [1.29, 1.82) is 0 Å². The predicted molar refractivity (Wildman–Crippen MR) is 96.6 cm³/mol. The van der Waals surface area contributed by atoms with Gasteiger partial charge in [0.2, 0.25) is 5.76 Å². The van der Waals surface area contributed by atoms with Crippen molar-refractivity contribution in [3.05, 3.63) is 82.7 Å². The second-order valence-corrected chi connectivity index (χ2v) is 6.17. The topological polar surface area (TPSA) is 60.9 Å². The zero-order valence-electron chi connectivity index (χ0n) is 14.5. The number of pyridine rings is 1. The lowest BCUT2D eigenvalue weighted by Crippen LogP contribution is -2.23. The van der Waals surface area contributed by atoms with E-state index in [4.69, 9.17) is 4.42 Å². The van der Waals surface area contributed by atoms with Crippen molar-refractivity contribution in [3.63, 3.8) is 0 Å². The summed E-state index contributed by atoms with van der Waals surface area (Å²) in [6.45, 7) is 0.0929. The molecule has 5 nitrogen and oxygen atoms in total. The second-order valence-electron chi connectivity index (χ2n) is 6.17. The SMILES string of the molecule is O=c1ccc(-c2cccc3cccnc23)nn1CCc1ccc(C(F)(F)F)o1. The molecule has 4 rings (SSSR count). The Morgan fingerprint density at radius 3 is 2.61 bits per heavy atom. The third kappa shape index (κ3) is 3.53. The fourth-order valence-corrected chi connectivity index (χ4v) is 2.94. The summed E-state index contributed by atoms with van der Waals surface area (Å²) in [5, 5.41) is 5.30. The van der Waals surface area contributed by atoms with Gasteiger partial charge < -0.3 is 4.42 Å². The lowest BCUT2D eigenvalue weighted by Gasteiger charge is -2.08. The predicted octanol–water partition coefficient (Wildman–Crippen LogP) is 4.31. The van der Waals surface area contributed by atoms with Gasteiger partial charge in [-0.25, -0.2) is 4.68 Å². The molecule has 0 N–H and O–H groups in total. The molecule has 0 saturated carbocycles. The van der Waals surface area contributed by atoms with E-state index in [1.54, 1.807) is 12.3 Å². The van der Waals surface area contributed by atoms with Gasteiger partial charge in [0.05, 0.1) is 17.8 Å². The minimum atomic E-state index is -4.53. The molecule has 0 saturated heterocycles. The van der Waals surface area contributed by atoms with Gasteiger partial charge in [0, 0.05) is 29.6 Å². The standard InChI is InChI=1S/C20H14F3N3O2/c21-20(22,23)17-8-6-14(28-17)10-12-26-18(27)9-7-16(25-26)15-5-1-3-13-4-2-11-24-19(13)15/h1-9,11H,10,12H2. The maximum Gasteiger partial charge on any atom is 0.449 e. The molecule has 0 aliphatic carbocycles. The molecule has 1 aromatic carbocycles. The van der Waals surface area contributed by atoms with E-state index in [2.05, 4.69) is 10.1 Å². The van der Waals surface area contributed by atoms with Crippen molar-refractivity contribution in [3.8, 4) is 11.3 Å². The van der Waals surface area contributed by atoms with Crippen molar-refractivity contribution < 1.29 is 17.6 Å². The second kappa shape index (κ2) is 6.95. The van der Waals surface area contributed by atoms with E-state index >= 15 is 0 Å². The molecule has 0 atom stereocenters. The van der Waals surface area contributed by atoms with E-state index < -0.39 is 11.9 Å². The molecule has 4 aromatic rings. The first kappa shape index (κ1) is 18.0. The zero-order chi connectivity index (χ0) is 19.7. The highest BCUT2D eigenvalue weighted by atomic mass is 19.4. The molecule has 3 heterocycles. The van der Waals surface area contributed by atoms with Crippen LogP contribution in [0.1, 0.15) is 11.5 Å². The number of fused-ring (bicyclic) bond motifs is 1. The summed E-state index contributed by atoms with van der Waals surface area (Å²) in [7, 11) is 0. The van der Waals surface area contributed by atoms with Crippen LogP contribution in [0, 0.1) is 0 Å². The van der Waals surface area contributed by atoms with Gasteiger partial charge in [-0.1, -0.05) is 24.3 Å². The highest BCUT2D eigenvalue weighted by Gasteiger charge is 2.34. The van der Waals surface area contributed by atoms with Gasteiger partial charge in [-0.15, -0.1) is 0 Å². The first-order valence-electron chi connectivity index (χ1n) is 8.50. The van der Waals surface area contributed by atoms with Crippen LogP contribution in [0.15, 0.2) is 70.0 Å². The van der Waals surface area contributed by atoms with Gasteiger partial charge >= 0.3 is 6.18 Å². The molecule has 3 aromatic heterocycles. The normalized spacial score (nSPS) is 11.8. The first-order valence-corrected chi connectivity index (χ1v) is 8.50. The summed E-state index contributed by atoms with van der Waals surface area (Å²) >= 11 is 0. The van der Waals surface area contributed by atoms with Crippen molar-refractivity contribution in [1.82, 2.24) is 14.8 Å². The van der Waals surface area contributed by atoms with E-state index in [0.717, 1.165) is 22.5 Å². The Labute approximate surface area is 157 Å². The summed E-state index contributed by atoms with van der Waals surface area (Å²) in [4.78, 5) is 16.5. The molecule has 0 aliphatic rings. The number of alkyl halides is 3. The molecule has 0 amide bonds. The Bertz CT molecular complexity index is 1190. The van der Waals surface area contributed by atoms with Crippen LogP contribution in [0.25, 0.3) is 22.2 Å². The Kier molecular flexibility index (Phi) is 4.46. The Morgan fingerprint density at radius 2 is 1.82 bits per heavy atom. The number of nitrogens with zero attached hydrogens (tertiary/aromatic N) is 3. The van der Waals surface area contributed by atoms with Crippen molar-refractivity contribution >= 4 is 10.9 Å². The number of halogens is 3. The number of hydrogen-bond donors (Lipinski definition) is 0. The fourth-order valence-electron chi connectivity index (χ4n) is 2.94. The maximum atomic E-state index is 12.6. The van der Waals surface area contributed by atoms with Crippen molar-refractivity contribution in [2.24, 2.45) is 0 Å². The molecule has 0 radical (unpaired) electrons. The average Bonchev–Trinajstić information content (AvgIpc) is 3.17. The summed E-state index contributed by atoms with van der Waals surface area (Å²) in [5.74, 6) is -0.920. The number of aryl methyl sites for hydroxylation is 2. The van der Waals surface area contributed by atoms with Crippen LogP contribution in [-0.2, 0) is 19.1 Å². The highest BCUT2D eigenvalue weighted by molar-refractivity contribution is 5.92. The van der Waals surface area contributed by atoms with Crippen LogP contribution < -0.4 is 5.56 Å². The minimum Gasteiger partial charge on any atom is -0.456 e. The molecular weight excluding hydrogens is 371 g/mol. The van der Waals surface area contributed by atoms with Gasteiger partial charge in [-0.05, 0) is 24.3 Å². The van der Waals surface area contributed by atoms with E-state index in [9.17, 15) is 18.0 Å². The largest absolute Gasteiger partial charge is 0.456 e. The van der Waals surface area contributed by atoms with Gasteiger partial charge in [0.25, 0.3) is 5.56 Å². The van der Waals surface area contributed by atoms with Crippen molar-refractivity contribution in [2.75, 3.05) is 0 Å². The van der Waals surface area contributed by atoms with Gasteiger partial charge in [0.15, 0.2) is 0 Å². The van der Waals surface area contributed by atoms with Crippen LogP contribution in [0.4, 0.5) is 13.2 Å². The van der Waals surface area contributed by atoms with Crippen LogP contribution >= 0.6 is 0 Å². The molecule has 0 fully saturated rings. The van der Waals surface area contributed by atoms with Crippen LogP contribution in [0.5, 0.6) is 0 Å². The Balaban J connectivity index is 1.63. The lowest BCUT2D eigenvalue weighted by atomic mass is 10.1. The van der Waals surface area contributed by atoms with E-state index in [1.807, 2.05) is 30.3 Å². The summed E-state index contributed by atoms with van der Waals surface area (Å²) in [5.41, 5.74) is 1.73. The van der Waals surface area contributed by atoms with E-state index in [0.29, 0.717) is 5.69 Å². The molecule has 8 heteroatoms. The average molecular weight is 385 g/mol. The molecule has 28 heavy (non-hydrogen) atoms. The third-order valence-corrected chi connectivity index (χ3v) is 4.29. The zero-order valence-corrected chi connectivity index (χ0v) is 14.5. The Hall–Kier alpha value is -3.42. The summed E-state index contributed by atoms with van der Waals surface area (Å²) in [6, 6.07) is 14.5. The molecule has 142 valence electrons. The molecule has 0 unspecified atom stereocenters. The Morgan fingerprint density at radius 1 is 1.00 bits per heavy atom. The molecule has 0 spiro atoms. The smallest absolute Gasteiger partial charge is 0.449 e. The van der Waals surface area contributed by atoms with Crippen LogP contribution in [-0.4, -0.2) is 14.8 Å². The quantitative estimate of drug-likeness (QED) is 0.525. The number of benzene rings is 1. The number of aromatic nitrogens is 3. The summed E-state index contributed by atoms with van der Waals surface area (Å²) in [6.07, 6.45) is -2.74. The maximum absolute atomic E-state index is 12.6. The van der Waals surface area contributed by atoms with Crippen molar-refractivity contribution in [2.45, 2.75) is 19.1 Å². The lowest BCUT2D eigenvalue weighted by molar-refractivity contribution is -0.153. The number of rotatable bonds is 4. The number of hydrogen-bond acceptors (Lipinski definition) is 4. The first-order chi connectivity index (χ1) is 13.4. The molecular formula is C20H14F3N3O2. The van der Waals surface area contributed by atoms with Crippen LogP contribution in [0.2, 0.25) is 0 Å². The molecule has 0 bridgehead atoms. The third-order valence-electron chi connectivity index (χ3n) is 4.29. The fraction of sp³-hybridized carbons (Fsp3) is 0.150. The van der Waals surface area contributed by atoms with Gasteiger partial charge in [-0.2, -0.15) is 18.3 Å². The summed E-state index contributed by atoms with van der Waals surface area (Å²) < 4.78 is 43.9. The monoisotopic (exact) mass is 385 g/mol. The molecule has 0 aliphatic heterocycles.